The Morgan fingerprint density at radius 2 is 1.82 bits per heavy atom. The number of rotatable bonds is 7. The fraction of sp³-hybridized carbons (Fsp3) is 0.478. The summed E-state index contributed by atoms with van der Waals surface area (Å²) in [5.74, 6) is 0.493. The van der Waals surface area contributed by atoms with Crippen LogP contribution in [0.2, 0.25) is 0 Å². The Bertz CT molecular complexity index is 1070. The summed E-state index contributed by atoms with van der Waals surface area (Å²) in [5, 5.41) is 0. The molecule has 0 unspecified atom stereocenters. The normalized spacial score (nSPS) is 17.7. The minimum Gasteiger partial charge on any atom is -0.486 e. The van der Waals surface area contributed by atoms with E-state index >= 15 is 0 Å². The zero-order valence-electron chi connectivity index (χ0n) is 18.9. The second-order valence-electron chi connectivity index (χ2n) is 8.61. The quantitative estimate of drug-likeness (QED) is 0.649. The average Bonchev–Trinajstić information content (AvgIpc) is 2.83. The number of sulfonamides is 1. The molecule has 9 nitrogen and oxygen atoms in total. The van der Waals surface area contributed by atoms with Crippen LogP contribution in [0, 0.1) is 5.92 Å². The highest BCUT2D eigenvalue weighted by Crippen LogP contribution is 2.32. The summed E-state index contributed by atoms with van der Waals surface area (Å²) < 4.78 is 39.8. The number of carbonyl (C=O) groups is 1. The molecule has 1 atom stereocenters. The number of piperazine rings is 1. The van der Waals surface area contributed by atoms with Gasteiger partial charge in [0.05, 0.1) is 4.90 Å². The third-order valence-corrected chi connectivity index (χ3v) is 7.29. The lowest BCUT2D eigenvalue weighted by Gasteiger charge is -2.37. The van der Waals surface area contributed by atoms with E-state index in [0.29, 0.717) is 37.8 Å². The Kier molecular flexibility index (Phi) is 7.16. The fourth-order valence-electron chi connectivity index (χ4n) is 3.97. The summed E-state index contributed by atoms with van der Waals surface area (Å²) in [5.41, 5.74) is 1.13. The second-order valence-corrected chi connectivity index (χ2v) is 10.3. The number of benzene rings is 1. The predicted octanol–water partition coefficient (Wildman–Crippen LogP) is 1.50. The molecule has 1 N–H and O–H groups in total. The molecule has 0 aliphatic carbocycles. The summed E-state index contributed by atoms with van der Waals surface area (Å²) in [7, 11) is -3.92. The Balaban J connectivity index is 1.40. The van der Waals surface area contributed by atoms with Crippen LogP contribution in [0.3, 0.4) is 0 Å². The first-order chi connectivity index (χ1) is 15.8. The molecular weight excluding hydrogens is 444 g/mol. The molecule has 2 aromatic rings. The minimum atomic E-state index is -3.92. The van der Waals surface area contributed by atoms with Crippen LogP contribution in [0.4, 0.5) is 0 Å². The lowest BCUT2D eigenvalue weighted by molar-refractivity contribution is -0.135. The number of fused-ring (bicyclic) bond motifs is 1. The third-order valence-electron chi connectivity index (χ3n) is 5.85. The van der Waals surface area contributed by atoms with Crippen LogP contribution < -0.4 is 14.2 Å². The maximum atomic E-state index is 13.3. The van der Waals surface area contributed by atoms with Crippen molar-refractivity contribution in [3.8, 4) is 11.5 Å². The van der Waals surface area contributed by atoms with Gasteiger partial charge in [0.1, 0.15) is 19.3 Å². The lowest BCUT2D eigenvalue weighted by atomic mass is 10.0. The molecule has 2 aliphatic heterocycles. The summed E-state index contributed by atoms with van der Waals surface area (Å²) >= 11 is 0. The molecule has 1 aromatic heterocycles. The van der Waals surface area contributed by atoms with E-state index in [2.05, 4.69) is 14.6 Å². The van der Waals surface area contributed by atoms with E-state index in [1.165, 1.54) is 12.1 Å². The molecule has 33 heavy (non-hydrogen) atoms. The van der Waals surface area contributed by atoms with Gasteiger partial charge in [0, 0.05) is 51.2 Å². The first kappa shape index (κ1) is 23.5. The van der Waals surface area contributed by atoms with Crippen molar-refractivity contribution in [2.75, 3.05) is 39.4 Å². The molecule has 1 saturated heterocycles. The van der Waals surface area contributed by atoms with E-state index in [1.807, 2.05) is 32.2 Å². The van der Waals surface area contributed by atoms with E-state index in [0.717, 1.165) is 25.2 Å². The summed E-state index contributed by atoms with van der Waals surface area (Å²) in [6, 6.07) is 7.58. The number of aromatic nitrogens is 1. The molecule has 1 aromatic carbocycles. The van der Waals surface area contributed by atoms with Crippen LogP contribution in [0.5, 0.6) is 11.5 Å². The van der Waals surface area contributed by atoms with Gasteiger partial charge in [0.25, 0.3) is 0 Å². The maximum Gasteiger partial charge on any atom is 0.241 e. The molecule has 178 valence electrons. The van der Waals surface area contributed by atoms with Crippen molar-refractivity contribution in [1.29, 1.82) is 0 Å². The first-order valence-electron chi connectivity index (χ1n) is 11.2. The number of hydrogen-bond donors (Lipinski definition) is 1. The molecule has 0 spiro atoms. The Labute approximate surface area is 194 Å². The number of nitrogens with one attached hydrogen (secondary N) is 1. The topological polar surface area (TPSA) is 101 Å². The van der Waals surface area contributed by atoms with E-state index in [-0.39, 0.29) is 16.7 Å². The van der Waals surface area contributed by atoms with Gasteiger partial charge >= 0.3 is 0 Å². The van der Waals surface area contributed by atoms with Crippen molar-refractivity contribution in [3.05, 3.63) is 48.3 Å². The van der Waals surface area contributed by atoms with Gasteiger partial charge in [-0.25, -0.2) is 8.42 Å². The highest BCUT2D eigenvalue weighted by molar-refractivity contribution is 7.89. The van der Waals surface area contributed by atoms with Gasteiger partial charge in [-0.2, -0.15) is 4.72 Å². The Hall–Kier alpha value is -2.69. The summed E-state index contributed by atoms with van der Waals surface area (Å²) in [6.45, 7) is 7.80. The maximum absolute atomic E-state index is 13.3. The smallest absolute Gasteiger partial charge is 0.241 e. The SMILES string of the molecule is CC(C)[C@H](NS(=O)(=O)c1ccc2c(c1)OCCO2)C(=O)N1CCN(Cc2cccnc2)CC1. The van der Waals surface area contributed by atoms with Crippen molar-refractivity contribution >= 4 is 15.9 Å². The monoisotopic (exact) mass is 474 g/mol. The standard InChI is InChI=1S/C23H30N4O5S/c1-17(2)22(25-33(29,30)19-5-6-20-21(14-19)32-13-12-31-20)23(28)27-10-8-26(9-11-27)16-18-4-3-7-24-15-18/h3-7,14-15,17,22,25H,8-13,16H2,1-2H3/t22-/m0/s1. The second kappa shape index (κ2) is 10.1. The molecule has 0 radical (unpaired) electrons. The molecule has 0 bridgehead atoms. The van der Waals surface area contributed by atoms with Crippen LogP contribution >= 0.6 is 0 Å². The molecule has 3 heterocycles. The van der Waals surface area contributed by atoms with Crippen LogP contribution in [0.25, 0.3) is 0 Å². The van der Waals surface area contributed by atoms with Crippen molar-refractivity contribution < 1.29 is 22.7 Å². The average molecular weight is 475 g/mol. The van der Waals surface area contributed by atoms with E-state index < -0.39 is 16.1 Å². The fourth-order valence-corrected chi connectivity index (χ4v) is 5.32. The molecule has 4 rings (SSSR count). The molecule has 10 heteroatoms. The Morgan fingerprint density at radius 3 is 2.48 bits per heavy atom. The number of amides is 1. The minimum absolute atomic E-state index is 0.0477. The summed E-state index contributed by atoms with van der Waals surface area (Å²) in [4.78, 5) is 21.5. The van der Waals surface area contributed by atoms with Crippen LogP contribution in [-0.2, 0) is 21.4 Å². The molecule has 1 amide bonds. The predicted molar refractivity (Wildman–Crippen MR) is 122 cm³/mol. The van der Waals surface area contributed by atoms with Gasteiger partial charge in [-0.1, -0.05) is 19.9 Å². The summed E-state index contributed by atoms with van der Waals surface area (Å²) in [6.07, 6.45) is 3.59. The van der Waals surface area contributed by atoms with Gasteiger partial charge in [-0.15, -0.1) is 0 Å². The number of hydrogen-bond acceptors (Lipinski definition) is 7. The lowest BCUT2D eigenvalue weighted by Crippen LogP contribution is -2.56. The van der Waals surface area contributed by atoms with Crippen molar-refractivity contribution in [2.24, 2.45) is 5.92 Å². The number of nitrogens with zero attached hydrogens (tertiary/aromatic N) is 3. The van der Waals surface area contributed by atoms with Crippen molar-refractivity contribution in [3.63, 3.8) is 0 Å². The molecule has 1 fully saturated rings. The largest absolute Gasteiger partial charge is 0.486 e. The molecular formula is C23H30N4O5S. The van der Waals surface area contributed by atoms with Crippen LogP contribution in [0.15, 0.2) is 47.6 Å². The highest BCUT2D eigenvalue weighted by Gasteiger charge is 2.33. The van der Waals surface area contributed by atoms with E-state index in [4.69, 9.17) is 9.47 Å². The molecule has 2 aliphatic rings. The van der Waals surface area contributed by atoms with Gasteiger partial charge in [-0.3, -0.25) is 14.7 Å². The van der Waals surface area contributed by atoms with E-state index in [9.17, 15) is 13.2 Å². The molecule has 0 saturated carbocycles. The third kappa shape index (κ3) is 5.63. The zero-order valence-corrected chi connectivity index (χ0v) is 19.8. The Morgan fingerprint density at radius 1 is 1.09 bits per heavy atom. The van der Waals surface area contributed by atoms with Gasteiger partial charge in [0.15, 0.2) is 11.5 Å². The zero-order chi connectivity index (χ0) is 23.4. The number of carbonyl (C=O) groups excluding carboxylic acids is 1. The van der Waals surface area contributed by atoms with Crippen LogP contribution in [0.1, 0.15) is 19.4 Å². The van der Waals surface area contributed by atoms with Gasteiger partial charge < -0.3 is 14.4 Å². The van der Waals surface area contributed by atoms with Crippen LogP contribution in [-0.4, -0.2) is 74.5 Å². The first-order valence-corrected chi connectivity index (χ1v) is 12.6. The van der Waals surface area contributed by atoms with E-state index in [1.54, 1.807) is 17.2 Å². The highest BCUT2D eigenvalue weighted by atomic mass is 32.2. The van der Waals surface area contributed by atoms with Crippen molar-refractivity contribution in [1.82, 2.24) is 19.5 Å². The van der Waals surface area contributed by atoms with Gasteiger partial charge in [-0.05, 0) is 29.7 Å². The van der Waals surface area contributed by atoms with Crippen molar-refractivity contribution in [2.45, 2.75) is 31.3 Å². The number of pyridine rings is 1. The number of ether oxygens (including phenoxy) is 2. The van der Waals surface area contributed by atoms with Gasteiger partial charge in [0.2, 0.25) is 15.9 Å².